The van der Waals surface area contributed by atoms with Gasteiger partial charge in [-0.1, -0.05) is 13.3 Å². The SMILES string of the molecule is CCCCS(=O)(=O)N1CCCC1c1nn(CC)c2c1COCC2. The van der Waals surface area contributed by atoms with Crippen molar-refractivity contribution in [2.75, 3.05) is 18.9 Å². The van der Waals surface area contributed by atoms with E-state index >= 15 is 0 Å². The lowest BCUT2D eigenvalue weighted by Crippen LogP contribution is -2.33. The van der Waals surface area contributed by atoms with E-state index in [1.807, 2.05) is 11.6 Å². The van der Waals surface area contributed by atoms with Crippen LogP contribution in [0.25, 0.3) is 0 Å². The normalized spacial score (nSPS) is 22.4. The zero-order valence-corrected chi connectivity index (χ0v) is 14.9. The molecule has 1 atom stereocenters. The first-order valence-corrected chi connectivity index (χ1v) is 10.3. The number of ether oxygens (including phenoxy) is 1. The molecule has 6 nitrogen and oxygen atoms in total. The molecular weight excluding hydrogens is 314 g/mol. The standard InChI is InChI=1S/C16H27N3O3S/c1-3-5-11-23(20,21)19-9-6-7-15(19)16-13-12-22-10-8-14(13)18(4-2)17-16/h15H,3-12H2,1-2H3. The van der Waals surface area contributed by atoms with Crippen LogP contribution in [-0.4, -0.2) is 41.4 Å². The largest absolute Gasteiger partial charge is 0.376 e. The van der Waals surface area contributed by atoms with Crippen molar-refractivity contribution < 1.29 is 13.2 Å². The van der Waals surface area contributed by atoms with Crippen molar-refractivity contribution in [2.45, 2.75) is 65.1 Å². The van der Waals surface area contributed by atoms with Crippen molar-refractivity contribution in [3.63, 3.8) is 0 Å². The molecule has 0 saturated carbocycles. The van der Waals surface area contributed by atoms with E-state index in [1.54, 1.807) is 4.31 Å². The summed E-state index contributed by atoms with van der Waals surface area (Å²) in [4.78, 5) is 0. The number of unbranched alkanes of at least 4 members (excludes halogenated alkanes) is 1. The summed E-state index contributed by atoms with van der Waals surface area (Å²) in [6, 6.07) is -0.111. The zero-order valence-electron chi connectivity index (χ0n) is 14.1. The van der Waals surface area contributed by atoms with Crippen LogP contribution in [0.1, 0.15) is 62.5 Å². The number of aryl methyl sites for hydroxylation is 1. The van der Waals surface area contributed by atoms with Crippen LogP contribution in [0.15, 0.2) is 0 Å². The van der Waals surface area contributed by atoms with Gasteiger partial charge in [0.15, 0.2) is 0 Å². The molecule has 2 aliphatic heterocycles. The number of hydrogen-bond donors (Lipinski definition) is 0. The first kappa shape index (κ1) is 16.9. The Balaban J connectivity index is 1.93. The Bertz CT molecular complexity index is 654. The lowest BCUT2D eigenvalue weighted by molar-refractivity contribution is 0.107. The summed E-state index contributed by atoms with van der Waals surface area (Å²) in [6.07, 6.45) is 4.25. The molecule has 1 fully saturated rings. The molecule has 0 radical (unpaired) electrons. The van der Waals surface area contributed by atoms with Crippen LogP contribution in [0.2, 0.25) is 0 Å². The van der Waals surface area contributed by atoms with Crippen LogP contribution >= 0.6 is 0 Å². The Morgan fingerprint density at radius 2 is 2.17 bits per heavy atom. The molecule has 7 heteroatoms. The Kier molecular flexibility index (Phi) is 5.08. The van der Waals surface area contributed by atoms with E-state index in [1.165, 1.54) is 5.69 Å². The van der Waals surface area contributed by atoms with Gasteiger partial charge in [0.25, 0.3) is 0 Å². The summed E-state index contributed by atoms with van der Waals surface area (Å²) in [5.74, 6) is 0.243. The molecule has 0 bridgehead atoms. The predicted molar refractivity (Wildman–Crippen MR) is 88.6 cm³/mol. The van der Waals surface area contributed by atoms with Crippen molar-refractivity contribution in [2.24, 2.45) is 0 Å². The zero-order chi connectivity index (χ0) is 16.4. The molecular formula is C16H27N3O3S. The smallest absolute Gasteiger partial charge is 0.214 e. The van der Waals surface area contributed by atoms with Crippen LogP contribution in [-0.2, 0) is 34.3 Å². The molecule has 0 N–H and O–H groups in total. The molecule has 0 amide bonds. The monoisotopic (exact) mass is 341 g/mol. The fourth-order valence-electron chi connectivity index (χ4n) is 3.65. The highest BCUT2D eigenvalue weighted by atomic mass is 32.2. The van der Waals surface area contributed by atoms with Crippen molar-refractivity contribution in [3.05, 3.63) is 17.0 Å². The van der Waals surface area contributed by atoms with E-state index in [-0.39, 0.29) is 11.8 Å². The summed E-state index contributed by atoms with van der Waals surface area (Å²) >= 11 is 0. The molecule has 1 unspecified atom stereocenters. The Morgan fingerprint density at radius 3 is 2.91 bits per heavy atom. The quantitative estimate of drug-likeness (QED) is 0.796. The first-order chi connectivity index (χ1) is 11.1. The van der Waals surface area contributed by atoms with Gasteiger partial charge in [-0.3, -0.25) is 4.68 Å². The van der Waals surface area contributed by atoms with Gasteiger partial charge in [0.05, 0.1) is 30.7 Å². The van der Waals surface area contributed by atoms with Crippen molar-refractivity contribution in [3.8, 4) is 0 Å². The maximum atomic E-state index is 12.7. The third-order valence-electron chi connectivity index (χ3n) is 4.86. The van der Waals surface area contributed by atoms with Gasteiger partial charge in [0.1, 0.15) is 0 Å². The topological polar surface area (TPSA) is 64.4 Å². The maximum absolute atomic E-state index is 12.7. The lowest BCUT2D eigenvalue weighted by atomic mass is 10.0. The van der Waals surface area contributed by atoms with E-state index in [9.17, 15) is 8.42 Å². The minimum atomic E-state index is -3.20. The van der Waals surface area contributed by atoms with Crippen LogP contribution in [0.3, 0.4) is 0 Å². The van der Waals surface area contributed by atoms with Gasteiger partial charge >= 0.3 is 0 Å². The van der Waals surface area contributed by atoms with E-state index in [4.69, 9.17) is 9.84 Å². The number of sulfonamides is 1. The lowest BCUT2D eigenvalue weighted by Gasteiger charge is -2.24. The molecule has 130 valence electrons. The third-order valence-corrected chi connectivity index (χ3v) is 6.82. The molecule has 3 rings (SSSR count). The van der Waals surface area contributed by atoms with Gasteiger partial charge in [-0.2, -0.15) is 9.40 Å². The van der Waals surface area contributed by atoms with Crippen molar-refractivity contribution >= 4 is 10.0 Å². The van der Waals surface area contributed by atoms with E-state index < -0.39 is 10.0 Å². The Labute approximate surface area is 138 Å². The average Bonchev–Trinajstić information content (AvgIpc) is 3.17. The van der Waals surface area contributed by atoms with Gasteiger partial charge in [0.2, 0.25) is 10.0 Å². The number of nitrogens with zero attached hydrogens (tertiary/aromatic N) is 3. The number of hydrogen-bond acceptors (Lipinski definition) is 4. The minimum absolute atomic E-state index is 0.111. The van der Waals surface area contributed by atoms with E-state index in [2.05, 4.69) is 6.92 Å². The van der Waals surface area contributed by atoms with Gasteiger partial charge in [-0.05, 0) is 26.2 Å². The number of fused-ring (bicyclic) bond motifs is 1. The number of aromatic nitrogens is 2. The van der Waals surface area contributed by atoms with Gasteiger partial charge in [-0.15, -0.1) is 0 Å². The van der Waals surface area contributed by atoms with Crippen LogP contribution in [0.5, 0.6) is 0 Å². The highest BCUT2D eigenvalue weighted by molar-refractivity contribution is 7.89. The second-order valence-electron chi connectivity index (χ2n) is 6.37. The molecule has 23 heavy (non-hydrogen) atoms. The third kappa shape index (κ3) is 3.19. The van der Waals surface area contributed by atoms with Gasteiger partial charge < -0.3 is 4.74 Å². The Hall–Kier alpha value is -0.920. The molecule has 1 saturated heterocycles. The predicted octanol–water partition coefficient (Wildman–Crippen LogP) is 2.24. The minimum Gasteiger partial charge on any atom is -0.376 e. The van der Waals surface area contributed by atoms with Crippen LogP contribution in [0.4, 0.5) is 0 Å². The van der Waals surface area contributed by atoms with Crippen LogP contribution in [0, 0.1) is 0 Å². The van der Waals surface area contributed by atoms with Gasteiger partial charge in [-0.25, -0.2) is 8.42 Å². The second-order valence-corrected chi connectivity index (χ2v) is 8.41. The van der Waals surface area contributed by atoms with Crippen LogP contribution < -0.4 is 0 Å². The molecule has 0 aromatic carbocycles. The number of rotatable bonds is 6. The van der Waals surface area contributed by atoms with Gasteiger partial charge in [0, 0.05) is 30.8 Å². The first-order valence-electron chi connectivity index (χ1n) is 8.74. The summed E-state index contributed by atoms with van der Waals surface area (Å²) in [5, 5.41) is 4.77. The fourth-order valence-corrected chi connectivity index (χ4v) is 5.54. The Morgan fingerprint density at radius 1 is 1.35 bits per heavy atom. The summed E-state index contributed by atoms with van der Waals surface area (Å²) in [6.45, 7) is 6.82. The summed E-state index contributed by atoms with van der Waals surface area (Å²) in [7, 11) is -3.20. The highest BCUT2D eigenvalue weighted by Crippen LogP contribution is 2.37. The van der Waals surface area contributed by atoms with E-state index in [0.29, 0.717) is 13.2 Å². The fraction of sp³-hybridized carbons (Fsp3) is 0.812. The van der Waals surface area contributed by atoms with Crippen molar-refractivity contribution in [1.82, 2.24) is 14.1 Å². The summed E-state index contributed by atoms with van der Waals surface area (Å²) in [5.41, 5.74) is 3.28. The van der Waals surface area contributed by atoms with Crippen molar-refractivity contribution in [1.29, 1.82) is 0 Å². The van der Waals surface area contributed by atoms with E-state index in [0.717, 1.165) is 56.5 Å². The highest BCUT2D eigenvalue weighted by Gasteiger charge is 2.38. The molecule has 1 aromatic rings. The molecule has 3 heterocycles. The molecule has 1 aromatic heterocycles. The molecule has 2 aliphatic rings. The average molecular weight is 341 g/mol. The summed E-state index contributed by atoms with van der Waals surface area (Å²) < 4.78 is 34.7. The second kappa shape index (κ2) is 6.91. The molecule has 0 spiro atoms. The molecule has 0 aliphatic carbocycles. The maximum Gasteiger partial charge on any atom is 0.214 e.